The van der Waals surface area contributed by atoms with Crippen molar-refractivity contribution in [2.24, 2.45) is 0 Å². The number of hydrogen-bond acceptors (Lipinski definition) is 2. The second-order valence-corrected chi connectivity index (χ2v) is 7.29. The second-order valence-electron chi connectivity index (χ2n) is 7.29. The molecule has 1 aliphatic heterocycles. The summed E-state index contributed by atoms with van der Waals surface area (Å²) >= 11 is 0. The van der Waals surface area contributed by atoms with E-state index in [9.17, 15) is 0 Å². The van der Waals surface area contributed by atoms with Crippen LogP contribution in [-0.4, -0.2) is 19.7 Å². The number of unbranched alkanes of at least 4 members (excludes halogenated alkanes) is 5. The fourth-order valence-corrected chi connectivity index (χ4v) is 3.86. The Morgan fingerprint density at radius 1 is 0.800 bits per heavy atom. The lowest BCUT2D eigenvalue weighted by molar-refractivity contribution is 0.308. The van der Waals surface area contributed by atoms with Crippen LogP contribution in [0.3, 0.4) is 0 Å². The smallest absolute Gasteiger partial charge is 0.127 e. The van der Waals surface area contributed by atoms with Crippen molar-refractivity contribution in [3.63, 3.8) is 0 Å². The molecule has 0 bridgehead atoms. The zero-order valence-electron chi connectivity index (χ0n) is 15.8. The monoisotopic (exact) mass is 339 g/mol. The van der Waals surface area contributed by atoms with Crippen LogP contribution in [0.4, 0.5) is 5.69 Å². The number of piperidine rings is 1. The summed E-state index contributed by atoms with van der Waals surface area (Å²) < 4.78 is 6.15. The number of anilines is 1. The van der Waals surface area contributed by atoms with Gasteiger partial charge in [0.1, 0.15) is 5.75 Å². The van der Waals surface area contributed by atoms with E-state index in [1.807, 2.05) is 0 Å². The van der Waals surface area contributed by atoms with E-state index in [4.69, 9.17) is 4.74 Å². The minimum absolute atomic E-state index is 0.833. The normalized spacial score (nSPS) is 14.8. The SMILES string of the molecule is CCCCCCCCOc1ccc(N2CCCCC2)c2ccccc12. The van der Waals surface area contributed by atoms with E-state index in [0.717, 1.165) is 18.8 Å². The first-order valence-electron chi connectivity index (χ1n) is 10.3. The molecule has 0 saturated carbocycles. The van der Waals surface area contributed by atoms with Gasteiger partial charge in [-0.25, -0.2) is 0 Å². The molecule has 0 radical (unpaired) electrons. The Morgan fingerprint density at radius 2 is 1.52 bits per heavy atom. The van der Waals surface area contributed by atoms with Gasteiger partial charge in [-0.05, 0) is 37.8 Å². The zero-order chi connectivity index (χ0) is 17.3. The van der Waals surface area contributed by atoms with Gasteiger partial charge in [0.2, 0.25) is 0 Å². The van der Waals surface area contributed by atoms with Crippen molar-refractivity contribution in [1.29, 1.82) is 0 Å². The summed E-state index contributed by atoms with van der Waals surface area (Å²) in [5.41, 5.74) is 1.38. The van der Waals surface area contributed by atoms with E-state index in [1.165, 1.54) is 80.9 Å². The molecule has 2 nitrogen and oxygen atoms in total. The highest BCUT2D eigenvalue weighted by Gasteiger charge is 2.15. The van der Waals surface area contributed by atoms with E-state index in [-0.39, 0.29) is 0 Å². The first-order valence-corrected chi connectivity index (χ1v) is 10.3. The zero-order valence-corrected chi connectivity index (χ0v) is 15.8. The maximum atomic E-state index is 6.15. The van der Waals surface area contributed by atoms with Crippen molar-refractivity contribution in [1.82, 2.24) is 0 Å². The van der Waals surface area contributed by atoms with Crippen LogP contribution in [0.15, 0.2) is 36.4 Å². The largest absolute Gasteiger partial charge is 0.493 e. The second kappa shape index (κ2) is 9.70. The van der Waals surface area contributed by atoms with Crippen LogP contribution < -0.4 is 9.64 Å². The van der Waals surface area contributed by atoms with Crippen LogP contribution in [0.1, 0.15) is 64.7 Å². The van der Waals surface area contributed by atoms with E-state index in [1.54, 1.807) is 0 Å². The molecule has 2 aromatic carbocycles. The molecule has 0 N–H and O–H groups in total. The average Bonchev–Trinajstić information content (AvgIpc) is 2.68. The molecule has 136 valence electrons. The lowest BCUT2D eigenvalue weighted by Gasteiger charge is -2.30. The number of benzene rings is 2. The van der Waals surface area contributed by atoms with Crippen LogP contribution >= 0.6 is 0 Å². The highest BCUT2D eigenvalue weighted by Crippen LogP contribution is 2.35. The number of hydrogen-bond donors (Lipinski definition) is 0. The summed E-state index contributed by atoms with van der Waals surface area (Å²) in [4.78, 5) is 2.54. The molecule has 1 saturated heterocycles. The first-order chi connectivity index (χ1) is 12.4. The summed E-state index contributed by atoms with van der Waals surface area (Å²) in [6.07, 6.45) is 11.8. The van der Waals surface area contributed by atoms with Gasteiger partial charge in [0.25, 0.3) is 0 Å². The Morgan fingerprint density at radius 3 is 2.32 bits per heavy atom. The Bertz CT molecular complexity index is 646. The summed E-state index contributed by atoms with van der Waals surface area (Å²) in [7, 11) is 0. The molecule has 0 aromatic heterocycles. The van der Waals surface area contributed by atoms with E-state index in [0.29, 0.717) is 0 Å². The van der Waals surface area contributed by atoms with E-state index >= 15 is 0 Å². The number of nitrogens with zero attached hydrogens (tertiary/aromatic N) is 1. The Hall–Kier alpha value is -1.70. The number of ether oxygens (including phenoxy) is 1. The maximum absolute atomic E-state index is 6.15. The van der Waals surface area contributed by atoms with Crippen molar-refractivity contribution in [3.8, 4) is 5.75 Å². The molecule has 0 amide bonds. The Labute approximate surface area is 153 Å². The number of rotatable bonds is 9. The van der Waals surface area contributed by atoms with Crippen molar-refractivity contribution in [3.05, 3.63) is 36.4 Å². The van der Waals surface area contributed by atoms with Crippen LogP contribution in [0, 0.1) is 0 Å². The molecule has 2 heteroatoms. The molecule has 2 aromatic rings. The predicted molar refractivity (Wildman–Crippen MR) is 109 cm³/mol. The van der Waals surface area contributed by atoms with Crippen molar-refractivity contribution < 1.29 is 4.74 Å². The van der Waals surface area contributed by atoms with Crippen LogP contribution in [0.25, 0.3) is 10.8 Å². The van der Waals surface area contributed by atoms with Crippen LogP contribution in [0.5, 0.6) is 5.75 Å². The van der Waals surface area contributed by atoms with Gasteiger partial charge >= 0.3 is 0 Å². The average molecular weight is 340 g/mol. The third kappa shape index (κ3) is 4.90. The van der Waals surface area contributed by atoms with Gasteiger partial charge in [0.15, 0.2) is 0 Å². The fourth-order valence-electron chi connectivity index (χ4n) is 3.86. The highest BCUT2D eigenvalue weighted by molar-refractivity contribution is 5.98. The maximum Gasteiger partial charge on any atom is 0.127 e. The van der Waals surface area contributed by atoms with Gasteiger partial charge in [-0.1, -0.05) is 63.3 Å². The van der Waals surface area contributed by atoms with E-state index < -0.39 is 0 Å². The van der Waals surface area contributed by atoms with Crippen molar-refractivity contribution in [2.75, 3.05) is 24.6 Å². The lowest BCUT2D eigenvalue weighted by atomic mass is 10.0. The van der Waals surface area contributed by atoms with Gasteiger partial charge < -0.3 is 9.64 Å². The quantitative estimate of drug-likeness (QED) is 0.479. The molecule has 0 atom stereocenters. The molecule has 1 fully saturated rings. The molecule has 0 spiro atoms. The fraction of sp³-hybridized carbons (Fsp3) is 0.565. The van der Waals surface area contributed by atoms with E-state index in [2.05, 4.69) is 48.2 Å². The molecule has 1 heterocycles. The van der Waals surface area contributed by atoms with Gasteiger partial charge in [0, 0.05) is 29.5 Å². The minimum atomic E-state index is 0.833. The lowest BCUT2D eigenvalue weighted by Crippen LogP contribution is -2.29. The standard InChI is InChI=1S/C23H33NO/c1-2-3-4-5-6-12-19-25-23-16-15-22(24-17-10-7-11-18-24)20-13-8-9-14-21(20)23/h8-9,13-16H,2-7,10-12,17-19H2,1H3. The molecule has 1 aliphatic rings. The van der Waals surface area contributed by atoms with Gasteiger partial charge in [0.05, 0.1) is 6.61 Å². The van der Waals surface area contributed by atoms with Crippen molar-refractivity contribution in [2.45, 2.75) is 64.7 Å². The summed E-state index contributed by atoms with van der Waals surface area (Å²) in [6.45, 7) is 5.46. The third-order valence-corrected chi connectivity index (χ3v) is 5.31. The predicted octanol–water partition coefficient (Wildman–Crippen LogP) is 6.57. The van der Waals surface area contributed by atoms with Gasteiger partial charge in [-0.2, -0.15) is 0 Å². The number of fused-ring (bicyclic) bond motifs is 1. The molecule has 0 aliphatic carbocycles. The Kier molecular flexibility index (Phi) is 7.02. The van der Waals surface area contributed by atoms with Gasteiger partial charge in [-0.15, -0.1) is 0 Å². The molecule has 0 unspecified atom stereocenters. The highest BCUT2D eigenvalue weighted by atomic mass is 16.5. The summed E-state index contributed by atoms with van der Waals surface area (Å²) in [6, 6.07) is 13.2. The summed E-state index contributed by atoms with van der Waals surface area (Å²) in [5.74, 6) is 1.05. The topological polar surface area (TPSA) is 12.5 Å². The third-order valence-electron chi connectivity index (χ3n) is 5.31. The molecular weight excluding hydrogens is 306 g/mol. The van der Waals surface area contributed by atoms with Crippen molar-refractivity contribution >= 4 is 16.5 Å². The Balaban J connectivity index is 1.64. The van der Waals surface area contributed by atoms with Crippen LogP contribution in [-0.2, 0) is 0 Å². The molecular formula is C23H33NO. The first kappa shape index (κ1) is 18.1. The van der Waals surface area contributed by atoms with Gasteiger partial charge in [-0.3, -0.25) is 0 Å². The van der Waals surface area contributed by atoms with Crippen LogP contribution in [0.2, 0.25) is 0 Å². The molecule has 25 heavy (non-hydrogen) atoms. The minimum Gasteiger partial charge on any atom is -0.493 e. The summed E-state index contributed by atoms with van der Waals surface area (Å²) in [5, 5.41) is 2.60. The molecule has 3 rings (SSSR count).